The Kier molecular flexibility index (Phi) is 3.93. The molecular weight excluding hydrogens is 309 g/mol. The molecule has 1 amide bonds. The number of benzene rings is 1. The molecule has 4 rings (SSSR count). The van der Waals surface area contributed by atoms with E-state index in [1.54, 1.807) is 23.5 Å². The maximum atomic E-state index is 13.1. The molecular formula is C19H20FNOS. The fourth-order valence-electron chi connectivity index (χ4n) is 4.25. The van der Waals surface area contributed by atoms with Gasteiger partial charge in [0.15, 0.2) is 0 Å². The third-order valence-electron chi connectivity index (χ3n) is 5.30. The lowest BCUT2D eigenvalue weighted by molar-refractivity contribution is -0.135. The highest BCUT2D eigenvalue weighted by Crippen LogP contribution is 2.43. The molecule has 23 heavy (non-hydrogen) atoms. The number of nitrogens with zero attached hydrogens (tertiary/aromatic N) is 1. The Morgan fingerprint density at radius 2 is 1.83 bits per heavy atom. The number of carbonyl (C=O) groups excluding carboxylic acids is 1. The molecule has 2 atom stereocenters. The summed E-state index contributed by atoms with van der Waals surface area (Å²) in [7, 11) is 0. The molecule has 3 heterocycles. The number of thiophene rings is 1. The van der Waals surface area contributed by atoms with Crippen LogP contribution in [0.3, 0.4) is 0 Å². The van der Waals surface area contributed by atoms with Gasteiger partial charge in [0.25, 0.3) is 0 Å². The zero-order chi connectivity index (χ0) is 15.8. The number of amides is 1. The minimum atomic E-state index is -0.180. The molecule has 2 nitrogen and oxygen atoms in total. The number of fused-ring (bicyclic) bond motifs is 2. The van der Waals surface area contributed by atoms with Crippen LogP contribution in [0.5, 0.6) is 0 Å². The van der Waals surface area contributed by atoms with E-state index in [1.165, 1.54) is 5.56 Å². The third-order valence-corrected chi connectivity index (χ3v) is 6.03. The first-order valence-corrected chi connectivity index (χ1v) is 9.22. The first-order valence-electron chi connectivity index (χ1n) is 8.28. The predicted molar refractivity (Wildman–Crippen MR) is 90.1 cm³/mol. The molecule has 2 bridgehead atoms. The van der Waals surface area contributed by atoms with Crippen LogP contribution in [0.2, 0.25) is 0 Å². The molecule has 0 aliphatic carbocycles. The van der Waals surface area contributed by atoms with E-state index in [2.05, 4.69) is 10.3 Å². The van der Waals surface area contributed by atoms with Gasteiger partial charge in [0.2, 0.25) is 5.91 Å². The zero-order valence-electron chi connectivity index (χ0n) is 13.0. The van der Waals surface area contributed by atoms with Gasteiger partial charge in [-0.1, -0.05) is 12.1 Å². The average Bonchev–Trinajstić information content (AvgIpc) is 3.14. The van der Waals surface area contributed by atoms with E-state index in [4.69, 9.17) is 0 Å². The van der Waals surface area contributed by atoms with Gasteiger partial charge < -0.3 is 4.90 Å². The number of rotatable bonds is 3. The summed E-state index contributed by atoms with van der Waals surface area (Å²) < 4.78 is 13.1. The number of carbonyl (C=O) groups is 1. The van der Waals surface area contributed by atoms with Crippen molar-refractivity contribution in [2.24, 2.45) is 0 Å². The van der Waals surface area contributed by atoms with Gasteiger partial charge in [-0.05, 0) is 71.7 Å². The van der Waals surface area contributed by atoms with Crippen LogP contribution in [0.25, 0.3) is 0 Å². The number of halogens is 1. The van der Waals surface area contributed by atoms with Crippen molar-refractivity contribution in [1.82, 2.24) is 4.90 Å². The summed E-state index contributed by atoms with van der Waals surface area (Å²) in [6.07, 6.45) is 4.77. The Balaban J connectivity index is 1.47. The minimum Gasteiger partial charge on any atom is -0.336 e. The first-order chi connectivity index (χ1) is 11.2. The highest BCUT2D eigenvalue weighted by Gasteiger charge is 2.43. The second-order valence-electron chi connectivity index (χ2n) is 6.71. The molecule has 2 saturated heterocycles. The van der Waals surface area contributed by atoms with E-state index in [0.717, 1.165) is 31.2 Å². The summed E-state index contributed by atoms with van der Waals surface area (Å²) in [5.41, 5.74) is 2.34. The Morgan fingerprint density at radius 3 is 2.43 bits per heavy atom. The normalized spacial score (nSPS) is 26.5. The standard InChI is InChI=1S/C19H20FNOS/c20-16-3-1-14(2-4-16)15-10-17-5-6-18(11-15)21(17)19(22)9-13-7-8-23-12-13/h1-4,7-8,12,15,17-18H,5-6,9-11H2/t17-,18-/m1/s1. The van der Waals surface area contributed by atoms with E-state index in [-0.39, 0.29) is 11.7 Å². The molecule has 4 heteroatoms. The molecule has 2 aliphatic heterocycles. The van der Waals surface area contributed by atoms with Crippen LogP contribution in [-0.4, -0.2) is 22.9 Å². The number of piperidine rings is 1. The van der Waals surface area contributed by atoms with Crippen molar-refractivity contribution < 1.29 is 9.18 Å². The third kappa shape index (κ3) is 2.92. The molecule has 2 fully saturated rings. The van der Waals surface area contributed by atoms with Crippen molar-refractivity contribution in [3.8, 4) is 0 Å². The highest BCUT2D eigenvalue weighted by molar-refractivity contribution is 7.08. The van der Waals surface area contributed by atoms with Gasteiger partial charge in [0.05, 0.1) is 6.42 Å². The van der Waals surface area contributed by atoms with Crippen LogP contribution in [0, 0.1) is 5.82 Å². The van der Waals surface area contributed by atoms with E-state index < -0.39 is 0 Å². The zero-order valence-corrected chi connectivity index (χ0v) is 13.8. The second-order valence-corrected chi connectivity index (χ2v) is 7.49. The number of hydrogen-bond donors (Lipinski definition) is 0. The molecule has 0 N–H and O–H groups in total. The Labute approximate surface area is 139 Å². The van der Waals surface area contributed by atoms with E-state index >= 15 is 0 Å². The van der Waals surface area contributed by atoms with Crippen LogP contribution in [-0.2, 0) is 11.2 Å². The fraction of sp³-hybridized carbons (Fsp3) is 0.421. The lowest BCUT2D eigenvalue weighted by atomic mass is 9.85. The van der Waals surface area contributed by atoms with Crippen molar-refractivity contribution in [1.29, 1.82) is 0 Å². The van der Waals surface area contributed by atoms with Crippen molar-refractivity contribution in [3.05, 3.63) is 58.0 Å². The Morgan fingerprint density at radius 1 is 1.13 bits per heavy atom. The second kappa shape index (κ2) is 6.08. The van der Waals surface area contributed by atoms with Gasteiger partial charge in [-0.2, -0.15) is 11.3 Å². The van der Waals surface area contributed by atoms with E-state index in [9.17, 15) is 9.18 Å². The monoisotopic (exact) mass is 329 g/mol. The molecule has 0 spiro atoms. The van der Waals surface area contributed by atoms with Gasteiger partial charge in [0, 0.05) is 12.1 Å². The van der Waals surface area contributed by atoms with Crippen molar-refractivity contribution in [3.63, 3.8) is 0 Å². The Bertz CT molecular complexity index is 668. The average molecular weight is 329 g/mol. The van der Waals surface area contributed by atoms with Gasteiger partial charge in [-0.3, -0.25) is 4.79 Å². The van der Waals surface area contributed by atoms with Gasteiger partial charge in [-0.15, -0.1) is 0 Å². The van der Waals surface area contributed by atoms with Crippen LogP contribution >= 0.6 is 11.3 Å². The molecule has 1 aromatic carbocycles. The summed E-state index contributed by atoms with van der Waals surface area (Å²) in [5, 5.41) is 4.09. The van der Waals surface area contributed by atoms with E-state index in [0.29, 0.717) is 24.4 Å². The molecule has 1 aromatic heterocycles. The summed E-state index contributed by atoms with van der Waals surface area (Å²) in [5.74, 6) is 0.548. The predicted octanol–water partition coefficient (Wildman–Crippen LogP) is 4.37. The summed E-state index contributed by atoms with van der Waals surface area (Å²) >= 11 is 1.64. The summed E-state index contributed by atoms with van der Waals surface area (Å²) in [4.78, 5) is 14.8. The summed E-state index contributed by atoms with van der Waals surface area (Å²) in [6.45, 7) is 0. The van der Waals surface area contributed by atoms with E-state index in [1.807, 2.05) is 23.6 Å². The van der Waals surface area contributed by atoms with Crippen molar-refractivity contribution in [2.45, 2.75) is 50.1 Å². The van der Waals surface area contributed by atoms with Gasteiger partial charge in [0.1, 0.15) is 5.82 Å². The molecule has 0 radical (unpaired) electrons. The van der Waals surface area contributed by atoms with Crippen molar-refractivity contribution in [2.75, 3.05) is 0 Å². The SMILES string of the molecule is O=C(Cc1ccsc1)N1[C@@H]2CC[C@@H]1CC(c1ccc(F)cc1)C2. The molecule has 0 unspecified atom stereocenters. The van der Waals surface area contributed by atoms with Gasteiger partial charge >= 0.3 is 0 Å². The summed E-state index contributed by atoms with van der Waals surface area (Å²) in [6, 6.07) is 9.65. The lowest BCUT2D eigenvalue weighted by Gasteiger charge is -2.39. The van der Waals surface area contributed by atoms with Crippen LogP contribution in [0.4, 0.5) is 4.39 Å². The maximum absolute atomic E-state index is 13.1. The first kappa shape index (κ1) is 14.9. The topological polar surface area (TPSA) is 20.3 Å². The fourth-order valence-corrected chi connectivity index (χ4v) is 4.92. The van der Waals surface area contributed by atoms with Crippen molar-refractivity contribution >= 4 is 17.2 Å². The van der Waals surface area contributed by atoms with Crippen LogP contribution in [0.15, 0.2) is 41.1 Å². The molecule has 2 aromatic rings. The smallest absolute Gasteiger partial charge is 0.227 e. The molecule has 120 valence electrons. The maximum Gasteiger partial charge on any atom is 0.227 e. The van der Waals surface area contributed by atoms with Crippen LogP contribution < -0.4 is 0 Å². The Hall–Kier alpha value is -1.68. The lowest BCUT2D eigenvalue weighted by Crippen LogP contribution is -2.46. The quantitative estimate of drug-likeness (QED) is 0.819. The highest BCUT2D eigenvalue weighted by atomic mass is 32.1. The largest absolute Gasteiger partial charge is 0.336 e. The molecule has 2 aliphatic rings. The van der Waals surface area contributed by atoms with Crippen LogP contribution in [0.1, 0.15) is 42.7 Å². The number of hydrogen-bond acceptors (Lipinski definition) is 2. The molecule has 0 saturated carbocycles. The minimum absolute atomic E-state index is 0.180. The van der Waals surface area contributed by atoms with Gasteiger partial charge in [-0.25, -0.2) is 4.39 Å².